The van der Waals surface area contributed by atoms with Crippen molar-refractivity contribution in [2.45, 2.75) is 37.8 Å². The lowest BCUT2D eigenvalue weighted by Gasteiger charge is -2.12. The highest BCUT2D eigenvalue weighted by atomic mass is 16.5. The van der Waals surface area contributed by atoms with Gasteiger partial charge in [0, 0.05) is 6.61 Å². The van der Waals surface area contributed by atoms with Crippen molar-refractivity contribution >= 4 is 0 Å². The van der Waals surface area contributed by atoms with Gasteiger partial charge in [0.05, 0.1) is 18.4 Å². The molecule has 1 aromatic heterocycles. The second-order valence-electron chi connectivity index (χ2n) is 3.83. The fraction of sp³-hybridized carbons (Fsp3) is 0.636. The van der Waals surface area contributed by atoms with Crippen molar-refractivity contribution in [3.63, 3.8) is 0 Å². The van der Waals surface area contributed by atoms with Crippen molar-refractivity contribution < 1.29 is 9.15 Å². The molecular formula is C11H17NO2. The number of rotatable bonds is 4. The Morgan fingerprint density at radius 2 is 2.50 bits per heavy atom. The van der Waals surface area contributed by atoms with Crippen molar-refractivity contribution in [3.8, 4) is 0 Å². The van der Waals surface area contributed by atoms with E-state index in [0.717, 1.165) is 25.2 Å². The SMILES string of the molecule is NC(CCC1CCCO1)c1ccco1. The molecule has 2 heterocycles. The zero-order valence-corrected chi connectivity index (χ0v) is 8.32. The summed E-state index contributed by atoms with van der Waals surface area (Å²) >= 11 is 0. The van der Waals surface area contributed by atoms with Crippen LogP contribution in [0.15, 0.2) is 22.8 Å². The molecule has 1 fully saturated rings. The molecule has 0 bridgehead atoms. The lowest BCUT2D eigenvalue weighted by molar-refractivity contribution is 0.100. The number of hydrogen-bond acceptors (Lipinski definition) is 3. The van der Waals surface area contributed by atoms with Gasteiger partial charge in [-0.15, -0.1) is 0 Å². The van der Waals surface area contributed by atoms with Crippen molar-refractivity contribution in [1.29, 1.82) is 0 Å². The molecule has 2 atom stereocenters. The van der Waals surface area contributed by atoms with Crippen LogP contribution in [0.1, 0.15) is 37.5 Å². The van der Waals surface area contributed by atoms with Crippen LogP contribution in [0.3, 0.4) is 0 Å². The maximum atomic E-state index is 5.97. The van der Waals surface area contributed by atoms with E-state index in [9.17, 15) is 0 Å². The molecule has 78 valence electrons. The zero-order chi connectivity index (χ0) is 9.80. The molecule has 0 aromatic carbocycles. The van der Waals surface area contributed by atoms with Gasteiger partial charge in [-0.1, -0.05) is 0 Å². The van der Waals surface area contributed by atoms with E-state index in [-0.39, 0.29) is 6.04 Å². The third-order valence-corrected chi connectivity index (χ3v) is 2.73. The van der Waals surface area contributed by atoms with Crippen LogP contribution >= 0.6 is 0 Å². The Kier molecular flexibility index (Phi) is 3.22. The van der Waals surface area contributed by atoms with Gasteiger partial charge in [0.15, 0.2) is 0 Å². The lowest BCUT2D eigenvalue weighted by Crippen LogP contribution is -2.13. The minimum absolute atomic E-state index is 0.0224. The third kappa shape index (κ3) is 2.36. The molecular weight excluding hydrogens is 178 g/mol. The maximum Gasteiger partial charge on any atom is 0.120 e. The first-order chi connectivity index (χ1) is 6.86. The summed E-state index contributed by atoms with van der Waals surface area (Å²) in [5, 5.41) is 0. The number of ether oxygens (including phenoxy) is 1. The molecule has 2 N–H and O–H groups in total. The van der Waals surface area contributed by atoms with Crippen molar-refractivity contribution in [3.05, 3.63) is 24.2 Å². The Balaban J connectivity index is 1.74. The lowest BCUT2D eigenvalue weighted by atomic mass is 10.1. The fourth-order valence-electron chi connectivity index (χ4n) is 1.88. The summed E-state index contributed by atoms with van der Waals surface area (Å²) in [6.45, 7) is 0.917. The highest BCUT2D eigenvalue weighted by Crippen LogP contribution is 2.22. The predicted molar refractivity (Wildman–Crippen MR) is 53.8 cm³/mol. The van der Waals surface area contributed by atoms with E-state index in [2.05, 4.69) is 0 Å². The molecule has 3 nitrogen and oxygen atoms in total. The Morgan fingerprint density at radius 3 is 3.14 bits per heavy atom. The summed E-state index contributed by atoms with van der Waals surface area (Å²) in [4.78, 5) is 0. The van der Waals surface area contributed by atoms with Crippen LogP contribution < -0.4 is 5.73 Å². The molecule has 1 aliphatic rings. The van der Waals surface area contributed by atoms with Gasteiger partial charge in [0.2, 0.25) is 0 Å². The highest BCUT2D eigenvalue weighted by Gasteiger charge is 2.17. The normalized spacial score (nSPS) is 23.9. The fourth-order valence-corrected chi connectivity index (χ4v) is 1.88. The molecule has 14 heavy (non-hydrogen) atoms. The molecule has 1 saturated heterocycles. The van der Waals surface area contributed by atoms with Gasteiger partial charge in [-0.2, -0.15) is 0 Å². The number of nitrogens with two attached hydrogens (primary N) is 1. The summed E-state index contributed by atoms with van der Waals surface area (Å²) in [6.07, 6.45) is 6.46. The minimum Gasteiger partial charge on any atom is -0.468 e. The van der Waals surface area contributed by atoms with Crippen LogP contribution in [0, 0.1) is 0 Å². The van der Waals surface area contributed by atoms with Gasteiger partial charge in [0.1, 0.15) is 5.76 Å². The summed E-state index contributed by atoms with van der Waals surface area (Å²) in [6, 6.07) is 3.83. The summed E-state index contributed by atoms with van der Waals surface area (Å²) < 4.78 is 10.8. The first-order valence-corrected chi connectivity index (χ1v) is 5.27. The van der Waals surface area contributed by atoms with E-state index in [0.29, 0.717) is 6.10 Å². The molecule has 1 aromatic rings. The predicted octanol–water partition coefficient (Wildman–Crippen LogP) is 2.24. The standard InChI is InChI=1S/C11H17NO2/c12-10(11-4-2-8-14-11)6-5-9-3-1-7-13-9/h2,4,8-10H,1,3,5-7,12H2. The Bertz CT molecular complexity index is 252. The van der Waals surface area contributed by atoms with Crippen LogP contribution in [0.2, 0.25) is 0 Å². The second-order valence-corrected chi connectivity index (χ2v) is 3.83. The molecule has 0 spiro atoms. The van der Waals surface area contributed by atoms with E-state index in [4.69, 9.17) is 14.9 Å². The van der Waals surface area contributed by atoms with E-state index in [1.54, 1.807) is 6.26 Å². The van der Waals surface area contributed by atoms with Gasteiger partial charge < -0.3 is 14.9 Å². The monoisotopic (exact) mass is 195 g/mol. The second kappa shape index (κ2) is 4.62. The molecule has 3 heteroatoms. The quantitative estimate of drug-likeness (QED) is 0.801. The molecule has 0 radical (unpaired) electrons. The van der Waals surface area contributed by atoms with Gasteiger partial charge >= 0.3 is 0 Å². The smallest absolute Gasteiger partial charge is 0.120 e. The molecule has 1 aliphatic heterocycles. The van der Waals surface area contributed by atoms with E-state index < -0.39 is 0 Å². The van der Waals surface area contributed by atoms with E-state index in [1.165, 1.54) is 12.8 Å². The number of furan rings is 1. The van der Waals surface area contributed by atoms with Crippen LogP contribution in [-0.4, -0.2) is 12.7 Å². The largest absolute Gasteiger partial charge is 0.468 e. The Hall–Kier alpha value is -0.800. The Morgan fingerprint density at radius 1 is 1.57 bits per heavy atom. The molecule has 0 saturated carbocycles. The maximum absolute atomic E-state index is 5.97. The third-order valence-electron chi connectivity index (χ3n) is 2.73. The summed E-state index contributed by atoms with van der Waals surface area (Å²) in [5.41, 5.74) is 5.97. The van der Waals surface area contributed by atoms with Crippen LogP contribution in [0.25, 0.3) is 0 Å². The first-order valence-electron chi connectivity index (χ1n) is 5.27. The highest BCUT2D eigenvalue weighted by molar-refractivity contribution is 5.03. The van der Waals surface area contributed by atoms with E-state index in [1.807, 2.05) is 12.1 Å². The topological polar surface area (TPSA) is 48.4 Å². The van der Waals surface area contributed by atoms with Crippen molar-refractivity contribution in [2.24, 2.45) is 5.73 Å². The van der Waals surface area contributed by atoms with Crippen LogP contribution in [-0.2, 0) is 4.74 Å². The van der Waals surface area contributed by atoms with Crippen molar-refractivity contribution in [1.82, 2.24) is 0 Å². The molecule has 2 rings (SSSR count). The minimum atomic E-state index is 0.0224. The van der Waals surface area contributed by atoms with E-state index >= 15 is 0 Å². The van der Waals surface area contributed by atoms with Gasteiger partial charge in [-0.25, -0.2) is 0 Å². The summed E-state index contributed by atoms with van der Waals surface area (Å²) in [5.74, 6) is 0.878. The van der Waals surface area contributed by atoms with Crippen LogP contribution in [0.5, 0.6) is 0 Å². The molecule has 0 aliphatic carbocycles. The molecule has 0 amide bonds. The van der Waals surface area contributed by atoms with Gasteiger partial charge in [0.25, 0.3) is 0 Å². The number of hydrogen-bond donors (Lipinski definition) is 1. The first kappa shape index (κ1) is 9.74. The summed E-state index contributed by atoms with van der Waals surface area (Å²) in [7, 11) is 0. The van der Waals surface area contributed by atoms with Crippen LogP contribution in [0.4, 0.5) is 0 Å². The van der Waals surface area contributed by atoms with Gasteiger partial charge in [-0.3, -0.25) is 0 Å². The Labute approximate surface area is 84.2 Å². The molecule has 2 unspecified atom stereocenters. The van der Waals surface area contributed by atoms with Gasteiger partial charge in [-0.05, 0) is 37.8 Å². The average molecular weight is 195 g/mol. The van der Waals surface area contributed by atoms with Crippen molar-refractivity contribution in [2.75, 3.05) is 6.61 Å². The average Bonchev–Trinajstić information content (AvgIpc) is 2.87. The zero-order valence-electron chi connectivity index (χ0n) is 8.32.